The SMILES string of the molecule is Cc1cc(NC(=O)c2ccc([N+](=O)[O-])c(C)c2)n(-c2ccc(C(F)(F)F)cn2)n1. The van der Waals surface area contributed by atoms with Crippen molar-refractivity contribution >= 4 is 17.4 Å². The Morgan fingerprint density at radius 3 is 2.45 bits per heavy atom. The second-order valence-corrected chi connectivity index (χ2v) is 6.20. The number of aryl methyl sites for hydroxylation is 2. The minimum absolute atomic E-state index is 0.0845. The standard InChI is InChI=1S/C18H14F3N5O3/c1-10-7-12(3-5-14(10)26(28)29)17(27)23-16-8-11(2)24-25(16)15-6-4-13(9-22-15)18(19,20)21/h3-9H,1-2H3,(H,23,27). The number of pyridine rings is 1. The first-order valence-corrected chi connectivity index (χ1v) is 8.23. The maximum absolute atomic E-state index is 12.7. The topological polar surface area (TPSA) is 103 Å². The Kier molecular flexibility index (Phi) is 5.06. The fourth-order valence-corrected chi connectivity index (χ4v) is 2.63. The van der Waals surface area contributed by atoms with Gasteiger partial charge in [0.25, 0.3) is 11.6 Å². The summed E-state index contributed by atoms with van der Waals surface area (Å²) in [4.78, 5) is 26.7. The van der Waals surface area contributed by atoms with Crippen LogP contribution in [0.4, 0.5) is 24.7 Å². The van der Waals surface area contributed by atoms with Crippen LogP contribution in [0, 0.1) is 24.0 Å². The molecule has 11 heteroatoms. The van der Waals surface area contributed by atoms with Crippen molar-refractivity contribution in [1.82, 2.24) is 14.8 Å². The van der Waals surface area contributed by atoms with E-state index in [2.05, 4.69) is 15.4 Å². The molecule has 0 saturated carbocycles. The molecule has 1 N–H and O–H groups in total. The van der Waals surface area contributed by atoms with Crippen molar-refractivity contribution in [2.75, 3.05) is 5.32 Å². The first kappa shape index (κ1) is 20.0. The highest BCUT2D eigenvalue weighted by atomic mass is 19.4. The van der Waals surface area contributed by atoms with E-state index in [0.29, 0.717) is 17.5 Å². The first-order valence-electron chi connectivity index (χ1n) is 8.23. The van der Waals surface area contributed by atoms with Crippen molar-refractivity contribution in [2.24, 2.45) is 0 Å². The minimum Gasteiger partial charge on any atom is -0.306 e. The van der Waals surface area contributed by atoms with Crippen LogP contribution in [0.1, 0.15) is 27.2 Å². The molecular weight excluding hydrogens is 391 g/mol. The predicted molar refractivity (Wildman–Crippen MR) is 96.9 cm³/mol. The fourth-order valence-electron chi connectivity index (χ4n) is 2.63. The second-order valence-electron chi connectivity index (χ2n) is 6.20. The average Bonchev–Trinajstić information content (AvgIpc) is 3.00. The fraction of sp³-hybridized carbons (Fsp3) is 0.167. The molecule has 1 amide bonds. The summed E-state index contributed by atoms with van der Waals surface area (Å²) in [5.74, 6) is -0.284. The van der Waals surface area contributed by atoms with Crippen LogP contribution in [0.3, 0.4) is 0 Å². The second kappa shape index (κ2) is 7.34. The molecule has 0 saturated heterocycles. The number of amides is 1. The average molecular weight is 405 g/mol. The Hall–Kier alpha value is -3.76. The summed E-state index contributed by atoms with van der Waals surface area (Å²) in [5.41, 5.74) is -0.0223. The molecule has 2 heterocycles. The van der Waals surface area contributed by atoms with Gasteiger partial charge in [-0.2, -0.15) is 23.0 Å². The number of carbonyl (C=O) groups is 1. The van der Waals surface area contributed by atoms with Gasteiger partial charge in [-0.1, -0.05) is 0 Å². The van der Waals surface area contributed by atoms with Gasteiger partial charge in [0.05, 0.1) is 16.2 Å². The summed E-state index contributed by atoms with van der Waals surface area (Å²) in [5, 5.41) is 17.6. The number of aromatic nitrogens is 3. The summed E-state index contributed by atoms with van der Waals surface area (Å²) in [6, 6.07) is 7.44. The molecule has 0 atom stereocenters. The van der Waals surface area contributed by atoms with Crippen molar-refractivity contribution in [2.45, 2.75) is 20.0 Å². The molecule has 0 aliphatic carbocycles. The summed E-state index contributed by atoms with van der Waals surface area (Å²) >= 11 is 0. The van der Waals surface area contributed by atoms with E-state index < -0.39 is 22.6 Å². The molecule has 0 fully saturated rings. The Morgan fingerprint density at radius 2 is 1.90 bits per heavy atom. The Morgan fingerprint density at radius 1 is 1.17 bits per heavy atom. The van der Waals surface area contributed by atoms with Crippen LogP contribution in [-0.2, 0) is 6.18 Å². The van der Waals surface area contributed by atoms with Crippen LogP contribution >= 0.6 is 0 Å². The number of hydrogen-bond donors (Lipinski definition) is 1. The highest BCUT2D eigenvalue weighted by Crippen LogP contribution is 2.29. The summed E-state index contributed by atoms with van der Waals surface area (Å²) < 4.78 is 39.3. The van der Waals surface area contributed by atoms with Gasteiger partial charge in [-0.3, -0.25) is 14.9 Å². The highest BCUT2D eigenvalue weighted by Gasteiger charge is 2.30. The molecule has 1 aromatic carbocycles. The van der Waals surface area contributed by atoms with E-state index in [1.165, 1.54) is 35.9 Å². The van der Waals surface area contributed by atoms with Crippen LogP contribution in [0.15, 0.2) is 42.6 Å². The number of nitrogens with one attached hydrogen (secondary N) is 1. The number of rotatable bonds is 4. The molecule has 0 unspecified atom stereocenters. The van der Waals surface area contributed by atoms with E-state index in [0.717, 1.165) is 12.1 Å². The molecule has 0 aliphatic heterocycles. The van der Waals surface area contributed by atoms with Crippen LogP contribution in [0.2, 0.25) is 0 Å². The third kappa shape index (κ3) is 4.23. The molecule has 0 bridgehead atoms. The van der Waals surface area contributed by atoms with Crippen molar-refractivity contribution < 1.29 is 22.9 Å². The number of nitrogens with zero attached hydrogens (tertiary/aromatic N) is 4. The summed E-state index contributed by atoms with van der Waals surface area (Å²) in [7, 11) is 0. The number of hydrogen-bond acceptors (Lipinski definition) is 5. The lowest BCUT2D eigenvalue weighted by molar-refractivity contribution is -0.385. The number of halogens is 3. The number of nitro benzene ring substituents is 1. The molecule has 29 heavy (non-hydrogen) atoms. The Bertz CT molecular complexity index is 1090. The predicted octanol–water partition coefficient (Wildman–Crippen LogP) is 4.06. The zero-order valence-corrected chi connectivity index (χ0v) is 15.2. The lowest BCUT2D eigenvalue weighted by Crippen LogP contribution is -2.16. The normalized spacial score (nSPS) is 11.3. The maximum Gasteiger partial charge on any atom is 0.417 e. The Labute approximate surface area is 162 Å². The number of anilines is 1. The van der Waals surface area contributed by atoms with Crippen molar-refractivity contribution in [3.8, 4) is 5.82 Å². The molecule has 0 aliphatic rings. The quantitative estimate of drug-likeness (QED) is 0.521. The van der Waals surface area contributed by atoms with Crippen LogP contribution in [-0.4, -0.2) is 25.6 Å². The number of benzene rings is 1. The molecule has 3 rings (SSSR count). The van der Waals surface area contributed by atoms with Gasteiger partial charge in [-0.05, 0) is 38.1 Å². The van der Waals surface area contributed by atoms with E-state index in [4.69, 9.17) is 0 Å². The van der Waals surface area contributed by atoms with E-state index >= 15 is 0 Å². The molecule has 0 radical (unpaired) electrons. The Balaban J connectivity index is 1.88. The summed E-state index contributed by atoms with van der Waals surface area (Å²) in [6.45, 7) is 3.15. The monoisotopic (exact) mass is 405 g/mol. The van der Waals surface area contributed by atoms with Gasteiger partial charge in [-0.25, -0.2) is 4.98 Å². The van der Waals surface area contributed by atoms with Crippen LogP contribution < -0.4 is 5.32 Å². The van der Waals surface area contributed by atoms with Gasteiger partial charge < -0.3 is 5.32 Å². The number of nitro groups is 1. The molecular formula is C18H14F3N5O3. The molecule has 8 nitrogen and oxygen atoms in total. The van der Waals surface area contributed by atoms with Gasteiger partial charge in [-0.15, -0.1) is 0 Å². The smallest absolute Gasteiger partial charge is 0.306 e. The summed E-state index contributed by atoms with van der Waals surface area (Å²) in [6.07, 6.45) is -3.84. The van der Waals surface area contributed by atoms with E-state index in [9.17, 15) is 28.1 Å². The van der Waals surface area contributed by atoms with Gasteiger partial charge in [0.2, 0.25) is 0 Å². The molecule has 2 aromatic heterocycles. The lowest BCUT2D eigenvalue weighted by atomic mass is 10.1. The lowest BCUT2D eigenvalue weighted by Gasteiger charge is -2.10. The zero-order valence-electron chi connectivity index (χ0n) is 15.2. The maximum atomic E-state index is 12.7. The molecule has 150 valence electrons. The van der Waals surface area contributed by atoms with E-state index in [-0.39, 0.29) is 22.9 Å². The van der Waals surface area contributed by atoms with Crippen molar-refractivity contribution in [3.63, 3.8) is 0 Å². The zero-order chi connectivity index (χ0) is 21.3. The van der Waals surface area contributed by atoms with Gasteiger partial charge >= 0.3 is 6.18 Å². The van der Waals surface area contributed by atoms with E-state index in [1.807, 2.05) is 0 Å². The number of alkyl halides is 3. The van der Waals surface area contributed by atoms with Gasteiger partial charge in [0.1, 0.15) is 5.82 Å². The number of carbonyl (C=O) groups excluding carboxylic acids is 1. The largest absolute Gasteiger partial charge is 0.417 e. The third-order valence-corrected chi connectivity index (χ3v) is 4.02. The van der Waals surface area contributed by atoms with Gasteiger partial charge in [0, 0.05) is 29.5 Å². The van der Waals surface area contributed by atoms with Crippen LogP contribution in [0.25, 0.3) is 5.82 Å². The first-order chi connectivity index (χ1) is 13.6. The molecule has 3 aromatic rings. The molecule has 0 spiro atoms. The van der Waals surface area contributed by atoms with Gasteiger partial charge in [0.15, 0.2) is 5.82 Å². The third-order valence-electron chi connectivity index (χ3n) is 4.02. The minimum atomic E-state index is -4.52. The van der Waals surface area contributed by atoms with Crippen LogP contribution in [0.5, 0.6) is 0 Å². The van der Waals surface area contributed by atoms with Crippen molar-refractivity contribution in [1.29, 1.82) is 0 Å². The van der Waals surface area contributed by atoms with Crippen molar-refractivity contribution in [3.05, 3.63) is 75.1 Å². The highest BCUT2D eigenvalue weighted by molar-refractivity contribution is 6.04. The van der Waals surface area contributed by atoms with E-state index in [1.54, 1.807) is 6.92 Å².